The zero-order chi connectivity index (χ0) is 17.5. The lowest BCUT2D eigenvalue weighted by atomic mass is 10.1. The largest absolute Gasteiger partial charge is 0.481 e. The molecule has 0 saturated carbocycles. The third kappa shape index (κ3) is 5.07. The van der Waals surface area contributed by atoms with Crippen LogP contribution in [0.1, 0.15) is 23.2 Å². The Hall–Kier alpha value is -1.86. The van der Waals surface area contributed by atoms with Crippen LogP contribution in [0.5, 0.6) is 0 Å². The molecule has 6 nitrogen and oxygen atoms in total. The molecular formula is C17H21NO5S. The van der Waals surface area contributed by atoms with Gasteiger partial charge < -0.3 is 14.7 Å². The van der Waals surface area contributed by atoms with Crippen LogP contribution in [0.2, 0.25) is 0 Å². The van der Waals surface area contributed by atoms with Gasteiger partial charge in [-0.3, -0.25) is 14.4 Å². The Morgan fingerprint density at radius 3 is 2.58 bits per heavy atom. The van der Waals surface area contributed by atoms with Gasteiger partial charge in [-0.15, -0.1) is 11.8 Å². The maximum absolute atomic E-state index is 12.4. The second-order valence-corrected chi connectivity index (χ2v) is 6.66. The van der Waals surface area contributed by atoms with E-state index in [1.807, 2.05) is 6.07 Å². The first-order chi connectivity index (χ1) is 11.5. The van der Waals surface area contributed by atoms with E-state index in [1.165, 1.54) is 11.8 Å². The molecule has 0 aromatic heterocycles. The molecule has 1 fully saturated rings. The van der Waals surface area contributed by atoms with Crippen molar-refractivity contribution in [1.29, 1.82) is 0 Å². The van der Waals surface area contributed by atoms with E-state index in [2.05, 4.69) is 0 Å². The number of aliphatic carboxylic acids is 1. The van der Waals surface area contributed by atoms with Gasteiger partial charge in [-0.25, -0.2) is 0 Å². The third-order valence-corrected chi connectivity index (χ3v) is 4.91. The summed E-state index contributed by atoms with van der Waals surface area (Å²) in [5.41, 5.74) is 0.627. The van der Waals surface area contributed by atoms with Gasteiger partial charge in [-0.2, -0.15) is 0 Å². The van der Waals surface area contributed by atoms with Crippen LogP contribution in [-0.4, -0.2) is 65.0 Å². The van der Waals surface area contributed by atoms with Gasteiger partial charge in [-0.1, -0.05) is 30.3 Å². The van der Waals surface area contributed by atoms with Crippen molar-refractivity contribution in [2.24, 2.45) is 0 Å². The molecule has 7 heteroatoms. The minimum Gasteiger partial charge on any atom is -0.481 e. The van der Waals surface area contributed by atoms with Crippen LogP contribution in [0, 0.1) is 0 Å². The molecule has 2 rings (SSSR count). The lowest BCUT2D eigenvalue weighted by molar-refractivity contribution is -0.139. The molecule has 1 N–H and O–H groups in total. The smallest absolute Gasteiger partial charge is 0.305 e. The Labute approximate surface area is 145 Å². The Morgan fingerprint density at radius 2 is 1.96 bits per heavy atom. The number of benzene rings is 1. The van der Waals surface area contributed by atoms with Crippen LogP contribution < -0.4 is 0 Å². The lowest BCUT2D eigenvalue weighted by Gasteiger charge is -2.23. The van der Waals surface area contributed by atoms with E-state index < -0.39 is 5.97 Å². The van der Waals surface area contributed by atoms with Crippen molar-refractivity contribution in [3.8, 4) is 0 Å². The standard InChI is InChI=1S/C17H21NO5S/c1-23-14-7-13(8-17(21)22)18(9-14)16(20)11-24-10-15(19)12-5-3-2-4-6-12/h2-6,13-14H,7-11H2,1H3,(H,21,22). The summed E-state index contributed by atoms with van der Waals surface area (Å²) in [5.74, 6) is -0.716. The van der Waals surface area contributed by atoms with Crippen molar-refractivity contribution in [3.05, 3.63) is 35.9 Å². The first-order valence-electron chi connectivity index (χ1n) is 7.71. The topological polar surface area (TPSA) is 83.9 Å². The first kappa shape index (κ1) is 18.5. The van der Waals surface area contributed by atoms with Crippen molar-refractivity contribution in [3.63, 3.8) is 0 Å². The molecule has 24 heavy (non-hydrogen) atoms. The van der Waals surface area contributed by atoms with Gasteiger partial charge in [0.05, 0.1) is 24.0 Å². The molecule has 0 radical (unpaired) electrons. The number of methoxy groups -OCH3 is 1. The first-order valence-corrected chi connectivity index (χ1v) is 8.86. The highest BCUT2D eigenvalue weighted by Crippen LogP contribution is 2.23. The molecule has 2 atom stereocenters. The highest BCUT2D eigenvalue weighted by Gasteiger charge is 2.36. The molecule has 1 heterocycles. The molecule has 0 spiro atoms. The number of carboxylic acids is 1. The number of thioether (sulfide) groups is 1. The van der Waals surface area contributed by atoms with Crippen LogP contribution in [-0.2, 0) is 14.3 Å². The van der Waals surface area contributed by atoms with Gasteiger partial charge in [0.25, 0.3) is 0 Å². The molecular weight excluding hydrogens is 330 g/mol. The predicted octanol–water partition coefficient (Wildman–Crippen LogP) is 1.69. The highest BCUT2D eigenvalue weighted by atomic mass is 32.2. The summed E-state index contributed by atoms with van der Waals surface area (Å²) in [6, 6.07) is 8.60. The van der Waals surface area contributed by atoms with E-state index in [0.29, 0.717) is 18.5 Å². The number of hydrogen-bond donors (Lipinski definition) is 1. The predicted molar refractivity (Wildman–Crippen MR) is 91.3 cm³/mol. The number of carbonyl (C=O) groups excluding carboxylic acids is 2. The minimum atomic E-state index is -0.929. The van der Waals surface area contributed by atoms with Gasteiger partial charge in [0.15, 0.2) is 5.78 Å². The monoisotopic (exact) mass is 351 g/mol. The normalized spacial score (nSPS) is 20.1. The summed E-state index contributed by atoms with van der Waals surface area (Å²) in [5, 5.41) is 8.98. The van der Waals surface area contributed by atoms with Crippen molar-refractivity contribution in [1.82, 2.24) is 4.90 Å². The number of ether oxygens (including phenoxy) is 1. The number of hydrogen-bond acceptors (Lipinski definition) is 5. The summed E-state index contributed by atoms with van der Waals surface area (Å²) in [7, 11) is 1.56. The number of amides is 1. The minimum absolute atomic E-state index is 0.0216. The molecule has 1 aliphatic heterocycles. The van der Waals surface area contributed by atoms with Crippen LogP contribution in [0.25, 0.3) is 0 Å². The Balaban J connectivity index is 1.84. The van der Waals surface area contributed by atoms with Crippen molar-refractivity contribution in [2.75, 3.05) is 25.2 Å². The molecule has 0 bridgehead atoms. The van der Waals surface area contributed by atoms with Gasteiger partial charge in [-0.05, 0) is 6.42 Å². The SMILES string of the molecule is COC1CC(CC(=O)O)N(C(=O)CSCC(=O)c2ccccc2)C1. The maximum atomic E-state index is 12.4. The zero-order valence-corrected chi connectivity index (χ0v) is 14.3. The van der Waals surface area contributed by atoms with E-state index in [-0.39, 0.29) is 41.8 Å². The van der Waals surface area contributed by atoms with Gasteiger partial charge in [0.2, 0.25) is 5.91 Å². The number of rotatable bonds is 8. The number of likely N-dealkylation sites (tertiary alicyclic amines) is 1. The van der Waals surface area contributed by atoms with E-state index in [0.717, 1.165) is 0 Å². The Kier molecular flexibility index (Phi) is 6.81. The summed E-state index contributed by atoms with van der Waals surface area (Å²) >= 11 is 1.25. The van der Waals surface area contributed by atoms with Gasteiger partial charge >= 0.3 is 5.97 Å². The van der Waals surface area contributed by atoms with Gasteiger partial charge in [0, 0.05) is 25.3 Å². The highest BCUT2D eigenvalue weighted by molar-refractivity contribution is 8.00. The fourth-order valence-corrected chi connectivity index (χ4v) is 3.56. The van der Waals surface area contributed by atoms with E-state index >= 15 is 0 Å². The van der Waals surface area contributed by atoms with Crippen LogP contribution >= 0.6 is 11.8 Å². The van der Waals surface area contributed by atoms with Crippen molar-refractivity contribution >= 4 is 29.4 Å². The van der Waals surface area contributed by atoms with Crippen LogP contribution in [0.4, 0.5) is 0 Å². The number of Topliss-reactive ketones (excluding diaryl/α,β-unsaturated/α-hetero) is 1. The van der Waals surface area contributed by atoms with E-state index in [4.69, 9.17) is 9.84 Å². The van der Waals surface area contributed by atoms with Crippen molar-refractivity contribution < 1.29 is 24.2 Å². The van der Waals surface area contributed by atoms with Crippen LogP contribution in [0.15, 0.2) is 30.3 Å². The molecule has 130 valence electrons. The summed E-state index contributed by atoms with van der Waals surface area (Å²) in [6.45, 7) is 0.403. The quantitative estimate of drug-likeness (QED) is 0.718. The van der Waals surface area contributed by atoms with E-state index in [1.54, 1.807) is 36.3 Å². The number of ketones is 1. The summed E-state index contributed by atoms with van der Waals surface area (Å²) in [6.07, 6.45) is 0.315. The molecule has 1 amide bonds. The summed E-state index contributed by atoms with van der Waals surface area (Å²) in [4.78, 5) is 36.9. The van der Waals surface area contributed by atoms with Crippen molar-refractivity contribution in [2.45, 2.75) is 25.0 Å². The fourth-order valence-electron chi connectivity index (χ4n) is 2.77. The van der Waals surface area contributed by atoms with Crippen LogP contribution in [0.3, 0.4) is 0 Å². The van der Waals surface area contributed by atoms with E-state index in [9.17, 15) is 14.4 Å². The molecule has 1 aliphatic rings. The average molecular weight is 351 g/mol. The Morgan fingerprint density at radius 1 is 1.25 bits per heavy atom. The molecule has 1 saturated heterocycles. The number of carboxylic acid groups (broad SMARTS) is 1. The fraction of sp³-hybridized carbons (Fsp3) is 0.471. The average Bonchev–Trinajstić information content (AvgIpc) is 2.97. The second-order valence-electron chi connectivity index (χ2n) is 5.67. The second kappa shape index (κ2) is 8.84. The third-order valence-electron chi connectivity index (χ3n) is 3.99. The number of nitrogens with zero attached hydrogens (tertiary/aromatic N) is 1. The van der Waals surface area contributed by atoms with Gasteiger partial charge in [0.1, 0.15) is 0 Å². The maximum Gasteiger partial charge on any atom is 0.305 e. The summed E-state index contributed by atoms with van der Waals surface area (Å²) < 4.78 is 5.26. The number of carbonyl (C=O) groups is 3. The zero-order valence-electron chi connectivity index (χ0n) is 13.5. The Bertz CT molecular complexity index is 592. The molecule has 0 aliphatic carbocycles. The molecule has 1 aromatic rings. The lowest BCUT2D eigenvalue weighted by Crippen LogP contribution is -2.38. The molecule has 1 aromatic carbocycles. The molecule has 2 unspecified atom stereocenters.